The summed E-state index contributed by atoms with van der Waals surface area (Å²) >= 11 is 0. The number of hydrogen-bond acceptors (Lipinski definition) is 4. The lowest BCUT2D eigenvalue weighted by Gasteiger charge is -2.13. The van der Waals surface area contributed by atoms with Crippen molar-refractivity contribution in [2.75, 3.05) is 0 Å². The van der Waals surface area contributed by atoms with Crippen molar-refractivity contribution in [1.82, 2.24) is 38.2 Å². The Morgan fingerprint density at radius 3 is 1.07 bits per heavy atom. The number of rotatable bonds is 5. The Morgan fingerprint density at radius 1 is 0.267 bits per heavy atom. The molecule has 8 aromatic carbocycles. The lowest BCUT2D eigenvalue weighted by atomic mass is 10.1. The van der Waals surface area contributed by atoms with E-state index in [1.807, 2.05) is 6.07 Å². The molecule has 0 aliphatic rings. The van der Waals surface area contributed by atoms with E-state index in [0.717, 1.165) is 82.9 Å². The lowest BCUT2D eigenvalue weighted by molar-refractivity contribution is 0.893. The fourth-order valence-electron chi connectivity index (χ4n) is 9.34. The summed E-state index contributed by atoms with van der Waals surface area (Å²) in [5.41, 5.74) is 9.75. The van der Waals surface area contributed by atoms with Crippen LogP contribution in [0.1, 0.15) is 0 Å². The van der Waals surface area contributed by atoms with Crippen molar-refractivity contribution in [2.45, 2.75) is 0 Å². The summed E-state index contributed by atoms with van der Waals surface area (Å²) in [5, 5.41) is 6.87. The van der Waals surface area contributed by atoms with E-state index in [1.165, 1.54) is 10.8 Å². The van der Waals surface area contributed by atoms with Gasteiger partial charge in [0.05, 0.1) is 38.6 Å². The van der Waals surface area contributed by atoms with Crippen LogP contribution in [-0.2, 0) is 0 Å². The standard InChI is InChI=1S/C52H32N8/c1-2-17-33(18-3-1)57-47-32-16-25-40(48(47)53-52(57)60-45-30-14-8-23-38(45)39-24-9-15-31-46(39)60)49-54-50(58-41-26-10-4-19-34(41)35-20-5-11-27-42(35)58)56-51(55-49)59-43-28-12-6-21-36(43)37-22-7-13-29-44(37)59/h1-32H. The van der Waals surface area contributed by atoms with Gasteiger partial charge in [-0.2, -0.15) is 15.0 Å². The molecule has 0 saturated carbocycles. The van der Waals surface area contributed by atoms with E-state index in [4.69, 9.17) is 19.9 Å². The van der Waals surface area contributed by atoms with Gasteiger partial charge in [-0.1, -0.05) is 133 Å². The molecule has 13 rings (SSSR count). The van der Waals surface area contributed by atoms with Gasteiger partial charge in [0, 0.05) is 43.6 Å². The average molecular weight is 769 g/mol. The number of benzene rings is 8. The van der Waals surface area contributed by atoms with Gasteiger partial charge in [0.15, 0.2) is 5.82 Å². The zero-order valence-corrected chi connectivity index (χ0v) is 32.1. The Kier molecular flexibility index (Phi) is 6.85. The Balaban J connectivity index is 1.15. The van der Waals surface area contributed by atoms with E-state index in [-0.39, 0.29) is 0 Å². The van der Waals surface area contributed by atoms with Crippen LogP contribution < -0.4 is 0 Å². The van der Waals surface area contributed by atoms with Crippen molar-refractivity contribution in [1.29, 1.82) is 0 Å². The normalized spacial score (nSPS) is 12.0. The summed E-state index contributed by atoms with van der Waals surface area (Å²) in [5.74, 6) is 2.35. The molecule has 0 radical (unpaired) electrons. The minimum Gasteiger partial charge on any atom is -0.279 e. The van der Waals surface area contributed by atoms with Crippen LogP contribution >= 0.6 is 0 Å². The molecule has 0 fully saturated rings. The number of hydrogen-bond donors (Lipinski definition) is 0. The molecule has 5 aromatic heterocycles. The molecular weight excluding hydrogens is 737 g/mol. The number of fused-ring (bicyclic) bond motifs is 10. The molecule has 0 amide bonds. The van der Waals surface area contributed by atoms with Gasteiger partial charge >= 0.3 is 0 Å². The molecule has 0 unspecified atom stereocenters. The third-order valence-electron chi connectivity index (χ3n) is 11.9. The second-order valence-electron chi connectivity index (χ2n) is 15.1. The van der Waals surface area contributed by atoms with Crippen LogP contribution in [0.3, 0.4) is 0 Å². The molecule has 0 bridgehead atoms. The molecule has 0 aliphatic carbocycles. The Hall–Kier alpha value is -8.36. The van der Waals surface area contributed by atoms with E-state index >= 15 is 0 Å². The van der Waals surface area contributed by atoms with Crippen LogP contribution in [-0.4, -0.2) is 38.2 Å². The maximum Gasteiger partial charge on any atom is 0.240 e. The first-order valence-corrected chi connectivity index (χ1v) is 20.1. The first-order chi connectivity index (χ1) is 29.8. The minimum absolute atomic E-state index is 0.524. The topological polar surface area (TPSA) is 71.3 Å². The van der Waals surface area contributed by atoms with Crippen molar-refractivity contribution >= 4 is 76.5 Å². The van der Waals surface area contributed by atoms with Gasteiger partial charge in [-0.05, 0) is 60.7 Å². The summed E-state index contributed by atoms with van der Waals surface area (Å²) in [4.78, 5) is 21.8. The maximum absolute atomic E-state index is 5.60. The van der Waals surface area contributed by atoms with Crippen LogP contribution in [0.4, 0.5) is 0 Å². The van der Waals surface area contributed by atoms with Crippen LogP contribution in [0.15, 0.2) is 194 Å². The van der Waals surface area contributed by atoms with E-state index in [1.54, 1.807) is 0 Å². The van der Waals surface area contributed by atoms with Gasteiger partial charge in [-0.25, -0.2) is 4.98 Å². The molecule has 0 saturated heterocycles. The predicted octanol–water partition coefficient (Wildman–Crippen LogP) is 12.2. The van der Waals surface area contributed by atoms with Crippen LogP contribution in [0.5, 0.6) is 0 Å². The fourth-order valence-corrected chi connectivity index (χ4v) is 9.34. The number of imidazole rings is 1. The number of nitrogens with zero attached hydrogens (tertiary/aromatic N) is 8. The van der Waals surface area contributed by atoms with Gasteiger partial charge < -0.3 is 0 Å². The zero-order chi connectivity index (χ0) is 39.3. The van der Waals surface area contributed by atoms with Crippen LogP contribution in [0.25, 0.3) is 111 Å². The molecule has 0 N–H and O–H groups in total. The summed E-state index contributed by atoms with van der Waals surface area (Å²) in [6, 6.07) is 67.7. The molecule has 280 valence electrons. The summed E-state index contributed by atoms with van der Waals surface area (Å²) < 4.78 is 8.86. The lowest BCUT2D eigenvalue weighted by Crippen LogP contribution is -2.10. The third-order valence-corrected chi connectivity index (χ3v) is 11.9. The molecule has 8 heteroatoms. The molecular formula is C52H32N8. The fraction of sp³-hybridized carbons (Fsp3) is 0. The van der Waals surface area contributed by atoms with Gasteiger partial charge in [0.25, 0.3) is 0 Å². The zero-order valence-electron chi connectivity index (χ0n) is 32.1. The SMILES string of the molecule is c1ccc(-n2c(-n3c4ccccc4c4ccccc43)nc3c(-c4nc(-n5c6ccccc6c6ccccc65)nc(-n5c6ccccc6c6ccccc65)n4)cccc32)cc1. The Labute approximate surface area is 342 Å². The van der Waals surface area contributed by atoms with Crippen LogP contribution in [0.2, 0.25) is 0 Å². The van der Waals surface area contributed by atoms with Crippen molar-refractivity contribution in [3.63, 3.8) is 0 Å². The van der Waals surface area contributed by atoms with E-state index in [2.05, 4.69) is 206 Å². The smallest absolute Gasteiger partial charge is 0.240 e. The van der Waals surface area contributed by atoms with E-state index < -0.39 is 0 Å². The predicted molar refractivity (Wildman–Crippen MR) is 243 cm³/mol. The first-order valence-electron chi connectivity index (χ1n) is 20.1. The van der Waals surface area contributed by atoms with Gasteiger partial charge in [0.1, 0.15) is 5.52 Å². The van der Waals surface area contributed by atoms with E-state index in [9.17, 15) is 0 Å². The number of aromatic nitrogens is 8. The summed E-state index contributed by atoms with van der Waals surface area (Å²) in [7, 11) is 0. The van der Waals surface area contributed by atoms with Crippen molar-refractivity contribution < 1.29 is 0 Å². The van der Waals surface area contributed by atoms with Crippen molar-refractivity contribution in [3.05, 3.63) is 194 Å². The summed E-state index contributed by atoms with van der Waals surface area (Å²) in [6.07, 6.45) is 0. The largest absolute Gasteiger partial charge is 0.279 e. The minimum atomic E-state index is 0.524. The van der Waals surface area contributed by atoms with Gasteiger partial charge in [0.2, 0.25) is 17.8 Å². The monoisotopic (exact) mass is 768 g/mol. The highest BCUT2D eigenvalue weighted by atomic mass is 15.3. The third kappa shape index (κ3) is 4.61. The second-order valence-corrected chi connectivity index (χ2v) is 15.1. The van der Waals surface area contributed by atoms with E-state index in [0.29, 0.717) is 17.7 Å². The van der Waals surface area contributed by atoms with Gasteiger partial charge in [-0.3, -0.25) is 18.3 Å². The van der Waals surface area contributed by atoms with Gasteiger partial charge in [-0.15, -0.1) is 0 Å². The Morgan fingerprint density at radius 2 is 0.633 bits per heavy atom. The van der Waals surface area contributed by atoms with Crippen LogP contribution in [0, 0.1) is 0 Å². The molecule has 60 heavy (non-hydrogen) atoms. The molecule has 0 aliphatic heterocycles. The van der Waals surface area contributed by atoms with Crippen molar-refractivity contribution in [2.24, 2.45) is 0 Å². The number of para-hydroxylation sites is 8. The quantitative estimate of drug-likeness (QED) is 0.175. The highest BCUT2D eigenvalue weighted by molar-refractivity contribution is 6.11. The second kappa shape index (κ2) is 12.6. The highest BCUT2D eigenvalue weighted by Gasteiger charge is 2.25. The first kappa shape index (κ1) is 32.7. The maximum atomic E-state index is 5.60. The summed E-state index contributed by atoms with van der Waals surface area (Å²) in [6.45, 7) is 0. The molecule has 13 aromatic rings. The molecule has 0 atom stereocenters. The highest BCUT2D eigenvalue weighted by Crippen LogP contribution is 2.38. The molecule has 0 spiro atoms. The van der Waals surface area contributed by atoms with Crippen molar-refractivity contribution in [3.8, 4) is 34.9 Å². The molecule has 8 nitrogen and oxygen atoms in total. The average Bonchev–Trinajstić information content (AvgIpc) is 4.05. The Bertz CT molecular complexity index is 3560. The molecule has 5 heterocycles.